The predicted octanol–water partition coefficient (Wildman–Crippen LogP) is 1.16. The molecule has 2 unspecified atom stereocenters. The van der Waals surface area contributed by atoms with Crippen molar-refractivity contribution in [2.75, 3.05) is 11.4 Å². The van der Waals surface area contributed by atoms with E-state index in [9.17, 15) is 18.8 Å². The second-order valence-electron chi connectivity index (χ2n) is 6.02. The lowest BCUT2D eigenvalue weighted by atomic mass is 10.1. The Bertz CT molecular complexity index is 659. The molecule has 0 radical (unpaired) electrons. The van der Waals surface area contributed by atoms with Gasteiger partial charge in [0.15, 0.2) is 0 Å². The monoisotopic (exact) mass is 320 g/mol. The third-order valence-electron chi connectivity index (χ3n) is 4.30. The van der Waals surface area contributed by atoms with Crippen LogP contribution in [0.2, 0.25) is 0 Å². The minimum absolute atomic E-state index is 0.0313. The van der Waals surface area contributed by atoms with E-state index in [2.05, 4.69) is 5.32 Å². The molecular formula is C16H17FN2O4. The van der Waals surface area contributed by atoms with Gasteiger partial charge in [-0.15, -0.1) is 0 Å². The summed E-state index contributed by atoms with van der Waals surface area (Å²) in [5, 5.41) is 11.7. The quantitative estimate of drug-likeness (QED) is 0.852. The maximum absolute atomic E-state index is 13.8. The van der Waals surface area contributed by atoms with Crippen molar-refractivity contribution in [2.24, 2.45) is 11.8 Å². The number of aliphatic carboxylic acids is 1. The summed E-state index contributed by atoms with van der Waals surface area (Å²) >= 11 is 0. The van der Waals surface area contributed by atoms with Crippen molar-refractivity contribution in [1.82, 2.24) is 5.32 Å². The molecule has 7 heteroatoms. The number of hydrogen-bond donors (Lipinski definition) is 2. The van der Waals surface area contributed by atoms with E-state index in [1.54, 1.807) is 6.07 Å². The minimum Gasteiger partial charge on any atom is -0.480 e. The number of carboxylic acid groups (broad SMARTS) is 1. The number of carbonyl (C=O) groups excluding carboxylic acids is 2. The van der Waals surface area contributed by atoms with E-state index >= 15 is 0 Å². The van der Waals surface area contributed by atoms with Crippen molar-refractivity contribution in [3.63, 3.8) is 0 Å². The van der Waals surface area contributed by atoms with Crippen molar-refractivity contribution < 1.29 is 23.9 Å². The van der Waals surface area contributed by atoms with Crippen LogP contribution in [0.5, 0.6) is 0 Å². The fourth-order valence-electron chi connectivity index (χ4n) is 2.87. The lowest BCUT2D eigenvalue weighted by molar-refractivity contribution is -0.143. The van der Waals surface area contributed by atoms with Gasteiger partial charge in [-0.2, -0.15) is 0 Å². The van der Waals surface area contributed by atoms with E-state index in [0.29, 0.717) is 0 Å². The summed E-state index contributed by atoms with van der Waals surface area (Å²) in [6.45, 7) is 0.0581. The molecule has 1 heterocycles. The molecule has 2 N–H and O–H groups in total. The van der Waals surface area contributed by atoms with E-state index in [0.717, 1.165) is 12.8 Å². The van der Waals surface area contributed by atoms with Gasteiger partial charge >= 0.3 is 5.97 Å². The maximum atomic E-state index is 13.8. The maximum Gasteiger partial charge on any atom is 0.326 e. The first-order valence-corrected chi connectivity index (χ1v) is 7.55. The predicted molar refractivity (Wildman–Crippen MR) is 79.2 cm³/mol. The summed E-state index contributed by atoms with van der Waals surface area (Å²) in [7, 11) is 0. The first-order valence-electron chi connectivity index (χ1n) is 7.55. The SMILES string of the molecule is O=C(NC(C(=O)O)C1CC1)C1CC(=O)N(c2ccccc2F)C1. The first-order chi connectivity index (χ1) is 11.0. The Hall–Kier alpha value is -2.44. The molecule has 1 aromatic rings. The molecule has 1 saturated heterocycles. The van der Waals surface area contributed by atoms with Crippen molar-refractivity contribution in [3.8, 4) is 0 Å². The summed E-state index contributed by atoms with van der Waals surface area (Å²) in [6, 6.07) is 4.98. The number of nitrogens with zero attached hydrogens (tertiary/aromatic N) is 1. The number of nitrogens with one attached hydrogen (secondary N) is 1. The molecule has 23 heavy (non-hydrogen) atoms. The van der Waals surface area contributed by atoms with Crippen LogP contribution < -0.4 is 10.2 Å². The molecule has 0 spiro atoms. The van der Waals surface area contributed by atoms with Crippen LogP contribution in [-0.4, -0.2) is 35.5 Å². The third kappa shape index (κ3) is 3.18. The van der Waals surface area contributed by atoms with Gasteiger partial charge in [0.05, 0.1) is 11.6 Å². The van der Waals surface area contributed by atoms with Gasteiger partial charge in [0, 0.05) is 13.0 Å². The van der Waals surface area contributed by atoms with Crippen molar-refractivity contribution in [2.45, 2.75) is 25.3 Å². The van der Waals surface area contributed by atoms with Gasteiger partial charge in [-0.1, -0.05) is 12.1 Å². The van der Waals surface area contributed by atoms with E-state index in [-0.39, 0.29) is 30.5 Å². The normalized spacial score (nSPS) is 22.0. The van der Waals surface area contributed by atoms with Gasteiger partial charge < -0.3 is 15.3 Å². The van der Waals surface area contributed by atoms with Gasteiger partial charge in [0.1, 0.15) is 11.9 Å². The van der Waals surface area contributed by atoms with E-state index in [1.807, 2.05) is 0 Å². The number of rotatable bonds is 5. The molecule has 1 aromatic carbocycles. The average Bonchev–Trinajstić information content (AvgIpc) is 3.27. The second-order valence-corrected chi connectivity index (χ2v) is 6.02. The van der Waals surface area contributed by atoms with Crippen LogP contribution in [0.3, 0.4) is 0 Å². The lowest BCUT2D eigenvalue weighted by Gasteiger charge is -2.18. The van der Waals surface area contributed by atoms with E-state index < -0.39 is 29.7 Å². The summed E-state index contributed by atoms with van der Waals surface area (Å²) in [5.41, 5.74) is 0.143. The molecule has 2 atom stereocenters. The molecule has 1 aliphatic heterocycles. The summed E-state index contributed by atoms with van der Waals surface area (Å²) in [5.74, 6) is -3.08. The fraction of sp³-hybridized carbons (Fsp3) is 0.438. The highest BCUT2D eigenvalue weighted by molar-refractivity contribution is 6.00. The standard InChI is InChI=1S/C16H17FN2O4/c17-11-3-1-2-4-12(11)19-8-10(7-13(19)20)15(21)18-14(16(22)23)9-5-6-9/h1-4,9-10,14H,5-8H2,(H,18,21)(H,22,23). The number of carbonyl (C=O) groups is 3. The molecule has 0 bridgehead atoms. The van der Waals surface area contributed by atoms with Crippen LogP contribution in [-0.2, 0) is 14.4 Å². The Labute approximate surface area is 132 Å². The Morgan fingerprint density at radius 3 is 2.61 bits per heavy atom. The summed E-state index contributed by atoms with van der Waals surface area (Å²) in [6.07, 6.45) is 1.52. The number of anilines is 1. The Morgan fingerprint density at radius 2 is 2.00 bits per heavy atom. The highest BCUT2D eigenvalue weighted by Crippen LogP contribution is 2.33. The Kier molecular flexibility index (Phi) is 4.02. The molecule has 6 nitrogen and oxygen atoms in total. The molecular weight excluding hydrogens is 303 g/mol. The average molecular weight is 320 g/mol. The van der Waals surface area contributed by atoms with Crippen molar-refractivity contribution in [1.29, 1.82) is 0 Å². The zero-order valence-electron chi connectivity index (χ0n) is 12.4. The molecule has 3 rings (SSSR count). The second kappa shape index (κ2) is 5.98. The topological polar surface area (TPSA) is 86.7 Å². The minimum atomic E-state index is -1.06. The van der Waals surface area contributed by atoms with Gasteiger partial charge in [0.2, 0.25) is 11.8 Å². The molecule has 0 aromatic heterocycles. The number of halogens is 1. The van der Waals surface area contributed by atoms with Gasteiger partial charge in [-0.05, 0) is 30.9 Å². The molecule has 2 amide bonds. The van der Waals surface area contributed by atoms with Crippen molar-refractivity contribution in [3.05, 3.63) is 30.1 Å². The number of hydrogen-bond acceptors (Lipinski definition) is 3. The van der Waals surface area contributed by atoms with E-state index in [1.165, 1.54) is 23.1 Å². The Morgan fingerprint density at radius 1 is 1.30 bits per heavy atom. The van der Waals surface area contributed by atoms with Gasteiger partial charge in [-0.25, -0.2) is 9.18 Å². The molecule has 2 fully saturated rings. The number of carboxylic acids is 1. The number of amides is 2. The van der Waals surface area contributed by atoms with Crippen LogP contribution in [0.1, 0.15) is 19.3 Å². The first kappa shape index (κ1) is 15.5. The van der Waals surface area contributed by atoms with Gasteiger partial charge in [0.25, 0.3) is 0 Å². The third-order valence-corrected chi connectivity index (χ3v) is 4.30. The fourth-order valence-corrected chi connectivity index (χ4v) is 2.87. The summed E-state index contributed by atoms with van der Waals surface area (Å²) in [4.78, 5) is 36.8. The van der Waals surface area contributed by atoms with Crippen molar-refractivity contribution >= 4 is 23.5 Å². The molecule has 122 valence electrons. The molecule has 2 aliphatic rings. The highest BCUT2D eigenvalue weighted by Gasteiger charge is 2.41. The smallest absolute Gasteiger partial charge is 0.326 e. The lowest BCUT2D eigenvalue weighted by Crippen LogP contribution is -2.45. The largest absolute Gasteiger partial charge is 0.480 e. The number of benzene rings is 1. The van der Waals surface area contributed by atoms with Crippen LogP contribution in [0, 0.1) is 17.7 Å². The van der Waals surface area contributed by atoms with Crippen LogP contribution in [0.25, 0.3) is 0 Å². The number of para-hydroxylation sites is 1. The summed E-state index contributed by atoms with van der Waals surface area (Å²) < 4.78 is 13.8. The zero-order chi connectivity index (χ0) is 16.6. The van der Waals surface area contributed by atoms with E-state index in [4.69, 9.17) is 5.11 Å². The van der Waals surface area contributed by atoms with Crippen LogP contribution >= 0.6 is 0 Å². The zero-order valence-corrected chi connectivity index (χ0v) is 12.4. The molecule has 1 saturated carbocycles. The highest BCUT2D eigenvalue weighted by atomic mass is 19.1. The van der Waals surface area contributed by atoms with Gasteiger partial charge in [-0.3, -0.25) is 9.59 Å². The molecule has 1 aliphatic carbocycles. The Balaban J connectivity index is 1.68. The van der Waals surface area contributed by atoms with Crippen LogP contribution in [0.15, 0.2) is 24.3 Å². The van der Waals surface area contributed by atoms with Crippen LogP contribution in [0.4, 0.5) is 10.1 Å².